The molecule has 4 heteroatoms. The molecule has 0 aromatic rings. The molecule has 0 aromatic carbocycles. The van der Waals surface area contributed by atoms with Crippen molar-refractivity contribution >= 4 is 11.9 Å². The first-order valence-electron chi connectivity index (χ1n) is 6.22. The molecule has 100 valence electrons. The molecule has 17 heavy (non-hydrogen) atoms. The number of hydrogen-bond donors (Lipinski definition) is 1. The van der Waals surface area contributed by atoms with Gasteiger partial charge in [-0.2, -0.15) is 0 Å². The van der Waals surface area contributed by atoms with Gasteiger partial charge in [0.25, 0.3) is 0 Å². The highest BCUT2D eigenvalue weighted by molar-refractivity contribution is 5.82. The summed E-state index contributed by atoms with van der Waals surface area (Å²) < 4.78 is 0. The van der Waals surface area contributed by atoms with Crippen molar-refractivity contribution in [3.63, 3.8) is 0 Å². The number of amides is 1. The average Bonchev–Trinajstić information content (AvgIpc) is 2.21. The highest BCUT2D eigenvalue weighted by Gasteiger charge is 2.28. The van der Waals surface area contributed by atoms with Crippen LogP contribution < -0.4 is 0 Å². The molecule has 0 aromatic heterocycles. The number of aliphatic carboxylic acids is 1. The number of hydrogen-bond acceptors (Lipinski definition) is 2. The summed E-state index contributed by atoms with van der Waals surface area (Å²) >= 11 is 0. The standard InChI is InChI=1S/C13H25NO3/c1-6-7-8-14(9-10(2)11(15)16)12(17)13(3,4)5/h10H,6-9H2,1-5H3,(H,15,16). The largest absolute Gasteiger partial charge is 0.481 e. The van der Waals surface area contributed by atoms with E-state index in [0.29, 0.717) is 13.1 Å². The zero-order chi connectivity index (χ0) is 13.6. The molecule has 0 spiro atoms. The molecule has 0 heterocycles. The van der Waals surface area contributed by atoms with Crippen LogP contribution in [0.25, 0.3) is 0 Å². The summed E-state index contributed by atoms with van der Waals surface area (Å²) in [6.45, 7) is 10.2. The molecular weight excluding hydrogens is 218 g/mol. The van der Waals surface area contributed by atoms with Gasteiger partial charge in [-0.05, 0) is 6.42 Å². The van der Waals surface area contributed by atoms with Gasteiger partial charge in [-0.15, -0.1) is 0 Å². The van der Waals surface area contributed by atoms with E-state index in [4.69, 9.17) is 5.11 Å². The van der Waals surface area contributed by atoms with Gasteiger partial charge in [0.1, 0.15) is 0 Å². The van der Waals surface area contributed by atoms with Crippen LogP contribution in [0.3, 0.4) is 0 Å². The maximum absolute atomic E-state index is 12.2. The SMILES string of the molecule is CCCCN(CC(C)C(=O)O)C(=O)C(C)(C)C. The van der Waals surface area contributed by atoms with Crippen molar-refractivity contribution in [1.29, 1.82) is 0 Å². The molecular formula is C13H25NO3. The van der Waals surface area contributed by atoms with Gasteiger partial charge in [-0.25, -0.2) is 0 Å². The van der Waals surface area contributed by atoms with Crippen molar-refractivity contribution in [3.8, 4) is 0 Å². The van der Waals surface area contributed by atoms with Crippen LogP contribution in [0, 0.1) is 11.3 Å². The number of carbonyl (C=O) groups excluding carboxylic acids is 1. The van der Waals surface area contributed by atoms with E-state index in [9.17, 15) is 9.59 Å². The van der Waals surface area contributed by atoms with Crippen LogP contribution in [0.5, 0.6) is 0 Å². The lowest BCUT2D eigenvalue weighted by molar-refractivity contribution is -0.145. The van der Waals surface area contributed by atoms with Crippen molar-refractivity contribution < 1.29 is 14.7 Å². The molecule has 4 nitrogen and oxygen atoms in total. The number of nitrogens with zero attached hydrogens (tertiary/aromatic N) is 1. The Labute approximate surface area is 104 Å². The summed E-state index contributed by atoms with van der Waals surface area (Å²) in [4.78, 5) is 24.7. The molecule has 0 fully saturated rings. The summed E-state index contributed by atoms with van der Waals surface area (Å²) in [6.07, 6.45) is 1.91. The van der Waals surface area contributed by atoms with Gasteiger partial charge in [0, 0.05) is 18.5 Å². The van der Waals surface area contributed by atoms with Crippen molar-refractivity contribution in [3.05, 3.63) is 0 Å². The van der Waals surface area contributed by atoms with E-state index >= 15 is 0 Å². The van der Waals surface area contributed by atoms with E-state index in [1.807, 2.05) is 20.8 Å². The summed E-state index contributed by atoms with van der Waals surface area (Å²) in [7, 11) is 0. The lowest BCUT2D eigenvalue weighted by atomic mass is 9.94. The summed E-state index contributed by atoms with van der Waals surface area (Å²) in [5.74, 6) is -1.34. The monoisotopic (exact) mass is 243 g/mol. The third kappa shape index (κ3) is 5.71. The van der Waals surface area contributed by atoms with Crippen molar-refractivity contribution in [2.24, 2.45) is 11.3 Å². The van der Waals surface area contributed by atoms with Gasteiger partial charge in [0.2, 0.25) is 5.91 Å². The predicted octanol–water partition coefficient (Wildman–Crippen LogP) is 2.38. The Kier molecular flexibility index (Phi) is 6.21. The fraction of sp³-hybridized carbons (Fsp3) is 0.846. The molecule has 0 bridgehead atoms. The summed E-state index contributed by atoms with van der Waals surface area (Å²) in [5, 5.41) is 8.90. The van der Waals surface area contributed by atoms with E-state index in [1.165, 1.54) is 0 Å². The molecule has 1 atom stereocenters. The Morgan fingerprint density at radius 3 is 2.18 bits per heavy atom. The second-order valence-corrected chi connectivity index (χ2v) is 5.59. The number of carbonyl (C=O) groups is 2. The molecule has 0 rings (SSSR count). The summed E-state index contributed by atoms with van der Waals surface area (Å²) in [6, 6.07) is 0. The van der Waals surface area contributed by atoms with Crippen LogP contribution in [0.1, 0.15) is 47.5 Å². The second kappa shape index (κ2) is 6.62. The number of rotatable bonds is 6. The second-order valence-electron chi connectivity index (χ2n) is 5.59. The first-order chi connectivity index (χ1) is 7.70. The summed E-state index contributed by atoms with van der Waals surface area (Å²) in [5.41, 5.74) is -0.452. The third-order valence-electron chi connectivity index (χ3n) is 2.63. The lowest BCUT2D eigenvalue weighted by Crippen LogP contribution is -2.43. The van der Waals surface area contributed by atoms with Crippen LogP contribution in [0.2, 0.25) is 0 Å². The fourth-order valence-corrected chi connectivity index (χ4v) is 1.51. The van der Waals surface area contributed by atoms with E-state index in [0.717, 1.165) is 12.8 Å². The van der Waals surface area contributed by atoms with E-state index < -0.39 is 17.3 Å². The zero-order valence-electron chi connectivity index (χ0n) is 11.6. The lowest BCUT2D eigenvalue weighted by Gasteiger charge is -2.30. The van der Waals surface area contributed by atoms with E-state index in [1.54, 1.807) is 11.8 Å². The average molecular weight is 243 g/mol. The van der Waals surface area contributed by atoms with Crippen molar-refractivity contribution in [2.45, 2.75) is 47.5 Å². The van der Waals surface area contributed by atoms with Crippen LogP contribution >= 0.6 is 0 Å². The van der Waals surface area contributed by atoms with Gasteiger partial charge in [-0.3, -0.25) is 9.59 Å². The third-order valence-corrected chi connectivity index (χ3v) is 2.63. The van der Waals surface area contributed by atoms with Crippen LogP contribution in [-0.2, 0) is 9.59 Å². The quantitative estimate of drug-likeness (QED) is 0.779. The van der Waals surface area contributed by atoms with Gasteiger partial charge in [0.15, 0.2) is 0 Å². The maximum Gasteiger partial charge on any atom is 0.308 e. The Hall–Kier alpha value is -1.06. The molecule has 0 saturated carbocycles. The van der Waals surface area contributed by atoms with E-state index in [2.05, 4.69) is 6.92 Å². The minimum atomic E-state index is -0.854. The molecule has 1 unspecified atom stereocenters. The Morgan fingerprint density at radius 1 is 1.29 bits per heavy atom. The molecule has 0 saturated heterocycles. The first-order valence-corrected chi connectivity index (χ1v) is 6.22. The molecule has 0 aliphatic heterocycles. The van der Waals surface area contributed by atoms with Crippen LogP contribution in [-0.4, -0.2) is 35.0 Å². The number of carboxylic acids is 1. The first kappa shape index (κ1) is 15.9. The van der Waals surface area contributed by atoms with E-state index in [-0.39, 0.29) is 5.91 Å². The Bertz CT molecular complexity index is 268. The van der Waals surface area contributed by atoms with Gasteiger partial charge in [-0.1, -0.05) is 41.0 Å². The number of carboxylic acid groups (broad SMARTS) is 1. The minimum Gasteiger partial charge on any atom is -0.481 e. The minimum absolute atomic E-state index is 0.0269. The van der Waals surface area contributed by atoms with Crippen molar-refractivity contribution in [1.82, 2.24) is 4.90 Å². The number of unbranched alkanes of at least 4 members (excludes halogenated alkanes) is 1. The molecule has 1 amide bonds. The van der Waals surface area contributed by atoms with Gasteiger partial charge >= 0.3 is 5.97 Å². The smallest absolute Gasteiger partial charge is 0.308 e. The molecule has 0 aliphatic carbocycles. The van der Waals surface area contributed by atoms with Gasteiger partial charge in [0.05, 0.1) is 5.92 Å². The van der Waals surface area contributed by atoms with Crippen LogP contribution in [0.4, 0.5) is 0 Å². The molecule has 1 N–H and O–H groups in total. The highest BCUT2D eigenvalue weighted by Crippen LogP contribution is 2.19. The molecule has 0 aliphatic rings. The topological polar surface area (TPSA) is 57.6 Å². The van der Waals surface area contributed by atoms with Crippen LogP contribution in [0.15, 0.2) is 0 Å². The maximum atomic E-state index is 12.2. The Morgan fingerprint density at radius 2 is 1.82 bits per heavy atom. The highest BCUT2D eigenvalue weighted by atomic mass is 16.4. The normalized spacial score (nSPS) is 13.2. The Balaban J connectivity index is 4.64. The van der Waals surface area contributed by atoms with Gasteiger partial charge < -0.3 is 10.0 Å². The van der Waals surface area contributed by atoms with Crippen molar-refractivity contribution in [2.75, 3.05) is 13.1 Å². The zero-order valence-corrected chi connectivity index (χ0v) is 11.6. The fourth-order valence-electron chi connectivity index (χ4n) is 1.51. The molecule has 0 radical (unpaired) electrons. The predicted molar refractivity (Wildman–Crippen MR) is 67.7 cm³/mol.